The largest absolute Gasteiger partial charge is 0.444 e. The molecule has 1 aliphatic heterocycles. The van der Waals surface area contributed by atoms with Gasteiger partial charge in [0.25, 0.3) is 5.97 Å². The molecule has 1 heterocycles. The number of hydrogen-bond donors (Lipinski definition) is 3. The Morgan fingerprint density at radius 1 is 1.18 bits per heavy atom. The number of amides is 1. The van der Waals surface area contributed by atoms with Gasteiger partial charge in [-0.15, -0.1) is 0 Å². The summed E-state index contributed by atoms with van der Waals surface area (Å²) in [5.74, 6) is -3.28. The molecule has 1 fully saturated rings. The van der Waals surface area contributed by atoms with Crippen molar-refractivity contribution in [2.24, 2.45) is 5.92 Å². The first-order chi connectivity index (χ1) is 7.59. The highest BCUT2D eigenvalue weighted by Crippen LogP contribution is 2.25. The summed E-state index contributed by atoms with van der Waals surface area (Å²) in [6.45, 7) is 6.07. The van der Waals surface area contributed by atoms with Gasteiger partial charge in [0.2, 0.25) is 0 Å². The quantitative estimate of drug-likeness (QED) is 0.578. The van der Waals surface area contributed by atoms with Gasteiger partial charge < -0.3 is 25.0 Å². The van der Waals surface area contributed by atoms with Crippen LogP contribution in [-0.2, 0) is 4.74 Å². The van der Waals surface area contributed by atoms with E-state index in [-0.39, 0.29) is 0 Å². The predicted molar refractivity (Wildman–Crippen MR) is 59.9 cm³/mol. The zero-order chi connectivity index (χ0) is 13.3. The van der Waals surface area contributed by atoms with Crippen LogP contribution in [0.25, 0.3) is 0 Å². The van der Waals surface area contributed by atoms with Crippen molar-refractivity contribution in [2.75, 3.05) is 13.1 Å². The molecule has 0 aromatic rings. The Bertz CT molecular complexity index is 271. The number of carbonyl (C=O) groups is 1. The number of nitrogens with zero attached hydrogens (tertiary/aromatic N) is 1. The summed E-state index contributed by atoms with van der Waals surface area (Å²) in [4.78, 5) is 13.2. The molecule has 1 amide bonds. The Kier molecular flexibility index (Phi) is 4.01. The fourth-order valence-electron chi connectivity index (χ4n) is 1.78. The molecule has 0 unspecified atom stereocenters. The zero-order valence-corrected chi connectivity index (χ0v) is 10.5. The van der Waals surface area contributed by atoms with Gasteiger partial charge in [0, 0.05) is 19.0 Å². The number of carbonyl (C=O) groups excluding carboxylic acids is 1. The van der Waals surface area contributed by atoms with E-state index in [1.54, 1.807) is 20.8 Å². The lowest BCUT2D eigenvalue weighted by Crippen LogP contribution is -2.47. The molecule has 6 nitrogen and oxygen atoms in total. The van der Waals surface area contributed by atoms with Gasteiger partial charge in [0.1, 0.15) is 5.60 Å². The topological polar surface area (TPSA) is 90.2 Å². The van der Waals surface area contributed by atoms with Gasteiger partial charge in [-0.2, -0.15) is 0 Å². The Balaban J connectivity index is 2.45. The third-order valence-corrected chi connectivity index (χ3v) is 2.69. The van der Waals surface area contributed by atoms with E-state index in [0.717, 1.165) is 0 Å². The van der Waals surface area contributed by atoms with Crippen molar-refractivity contribution >= 4 is 6.09 Å². The summed E-state index contributed by atoms with van der Waals surface area (Å²) in [6.07, 6.45) is 0.265. The van der Waals surface area contributed by atoms with E-state index in [4.69, 9.17) is 20.1 Å². The summed E-state index contributed by atoms with van der Waals surface area (Å²) in [5, 5.41) is 27.1. The second-order valence-electron chi connectivity index (χ2n) is 5.43. The van der Waals surface area contributed by atoms with Crippen molar-refractivity contribution in [1.29, 1.82) is 0 Å². The molecule has 1 aliphatic rings. The van der Waals surface area contributed by atoms with Gasteiger partial charge in [-0.05, 0) is 33.6 Å². The van der Waals surface area contributed by atoms with Gasteiger partial charge >= 0.3 is 6.09 Å². The van der Waals surface area contributed by atoms with Crippen LogP contribution in [0.3, 0.4) is 0 Å². The monoisotopic (exact) mass is 247 g/mol. The van der Waals surface area contributed by atoms with Crippen molar-refractivity contribution < 1.29 is 24.9 Å². The molecule has 0 atom stereocenters. The van der Waals surface area contributed by atoms with Crippen molar-refractivity contribution in [3.05, 3.63) is 0 Å². The normalized spacial score (nSPS) is 19.3. The summed E-state index contributed by atoms with van der Waals surface area (Å²) in [7, 11) is 0. The first kappa shape index (κ1) is 14.2. The summed E-state index contributed by atoms with van der Waals surface area (Å²) < 4.78 is 5.20. The standard InChI is InChI=1S/C11H21NO5/c1-10(2,3)17-9(13)12-6-4-8(5-7-12)11(14,15)16/h8,14-16H,4-7H2,1-3H3. The minimum absolute atomic E-state index is 0.336. The van der Waals surface area contributed by atoms with Gasteiger partial charge in [0.15, 0.2) is 0 Å². The van der Waals surface area contributed by atoms with Crippen LogP contribution in [0.1, 0.15) is 33.6 Å². The fourth-order valence-corrected chi connectivity index (χ4v) is 1.78. The third-order valence-electron chi connectivity index (χ3n) is 2.69. The molecule has 0 aromatic heterocycles. The molecule has 3 N–H and O–H groups in total. The van der Waals surface area contributed by atoms with E-state index in [1.807, 2.05) is 0 Å². The molecule has 1 rings (SSSR count). The van der Waals surface area contributed by atoms with Crippen LogP contribution >= 0.6 is 0 Å². The van der Waals surface area contributed by atoms with Crippen molar-refractivity contribution in [1.82, 2.24) is 4.90 Å². The van der Waals surface area contributed by atoms with Crippen LogP contribution in [0.4, 0.5) is 4.79 Å². The van der Waals surface area contributed by atoms with E-state index in [9.17, 15) is 4.79 Å². The van der Waals surface area contributed by atoms with Crippen LogP contribution in [0, 0.1) is 5.92 Å². The molecule has 6 heteroatoms. The molecular formula is C11H21NO5. The lowest BCUT2D eigenvalue weighted by molar-refractivity contribution is -0.346. The number of rotatable bonds is 1. The molecule has 0 radical (unpaired) electrons. The van der Waals surface area contributed by atoms with Gasteiger partial charge in [-0.1, -0.05) is 0 Å². The Morgan fingerprint density at radius 3 is 2.00 bits per heavy atom. The molecule has 17 heavy (non-hydrogen) atoms. The van der Waals surface area contributed by atoms with Crippen LogP contribution in [0.2, 0.25) is 0 Å². The van der Waals surface area contributed by atoms with Crippen molar-refractivity contribution in [3.63, 3.8) is 0 Å². The molecule has 0 aromatic carbocycles. The number of piperidine rings is 1. The molecule has 0 aliphatic carbocycles. The first-order valence-electron chi connectivity index (χ1n) is 5.74. The maximum Gasteiger partial charge on any atom is 0.410 e. The van der Waals surface area contributed by atoms with Gasteiger partial charge in [-0.25, -0.2) is 4.79 Å². The van der Waals surface area contributed by atoms with E-state index >= 15 is 0 Å². The molecule has 0 saturated carbocycles. The second-order valence-corrected chi connectivity index (χ2v) is 5.43. The smallest absolute Gasteiger partial charge is 0.410 e. The maximum absolute atomic E-state index is 11.7. The van der Waals surface area contributed by atoms with Crippen LogP contribution in [-0.4, -0.2) is 51.0 Å². The molecule has 1 saturated heterocycles. The lowest BCUT2D eigenvalue weighted by atomic mass is 9.95. The Hall–Kier alpha value is -0.850. The zero-order valence-electron chi connectivity index (χ0n) is 10.5. The molecular weight excluding hydrogens is 226 g/mol. The molecule has 100 valence electrons. The van der Waals surface area contributed by atoms with Gasteiger partial charge in [0.05, 0.1) is 0 Å². The van der Waals surface area contributed by atoms with E-state index in [1.165, 1.54) is 4.90 Å². The average Bonchev–Trinajstić information content (AvgIpc) is 2.14. The maximum atomic E-state index is 11.7. The highest BCUT2D eigenvalue weighted by molar-refractivity contribution is 5.68. The Labute approximate surface area is 101 Å². The van der Waals surface area contributed by atoms with E-state index in [0.29, 0.717) is 25.9 Å². The minimum atomic E-state index is -2.65. The highest BCUT2D eigenvalue weighted by atomic mass is 16.7. The highest BCUT2D eigenvalue weighted by Gasteiger charge is 2.36. The molecule has 0 spiro atoms. The summed E-state index contributed by atoms with van der Waals surface area (Å²) >= 11 is 0. The minimum Gasteiger partial charge on any atom is -0.444 e. The average molecular weight is 247 g/mol. The van der Waals surface area contributed by atoms with Crippen molar-refractivity contribution in [2.45, 2.75) is 45.2 Å². The Morgan fingerprint density at radius 2 is 1.65 bits per heavy atom. The fraction of sp³-hybridized carbons (Fsp3) is 0.909. The van der Waals surface area contributed by atoms with Crippen LogP contribution < -0.4 is 0 Å². The van der Waals surface area contributed by atoms with Crippen molar-refractivity contribution in [3.8, 4) is 0 Å². The number of ether oxygens (including phenoxy) is 1. The number of hydrogen-bond acceptors (Lipinski definition) is 5. The number of aliphatic hydroxyl groups is 3. The SMILES string of the molecule is CC(C)(C)OC(=O)N1CCC(C(O)(O)O)CC1. The second kappa shape index (κ2) is 4.80. The molecule has 0 bridgehead atoms. The predicted octanol–water partition coefficient (Wildman–Crippen LogP) is 0.264. The summed E-state index contributed by atoms with van der Waals surface area (Å²) in [6, 6.07) is 0. The van der Waals surface area contributed by atoms with E-state index in [2.05, 4.69) is 0 Å². The van der Waals surface area contributed by atoms with Crippen LogP contribution in [0.5, 0.6) is 0 Å². The van der Waals surface area contributed by atoms with Crippen LogP contribution in [0.15, 0.2) is 0 Å². The van der Waals surface area contributed by atoms with E-state index < -0.39 is 23.6 Å². The third kappa shape index (κ3) is 4.49. The summed E-state index contributed by atoms with van der Waals surface area (Å²) in [5.41, 5.74) is -0.539. The number of likely N-dealkylation sites (tertiary alicyclic amines) is 1. The van der Waals surface area contributed by atoms with Gasteiger partial charge in [-0.3, -0.25) is 0 Å². The first-order valence-corrected chi connectivity index (χ1v) is 5.74. The lowest BCUT2D eigenvalue weighted by Gasteiger charge is -2.36.